The first kappa shape index (κ1) is 11.1. The summed E-state index contributed by atoms with van der Waals surface area (Å²) in [6, 6.07) is 2.93. The second kappa shape index (κ2) is 4.25. The van der Waals surface area contributed by atoms with E-state index in [0.29, 0.717) is 5.69 Å². The third kappa shape index (κ3) is 2.10. The SMILES string of the molecule is Cc1noc(NC(=O)c2ncccc2O)c1C. The monoisotopic (exact) mass is 233 g/mol. The largest absolute Gasteiger partial charge is 0.505 e. The van der Waals surface area contributed by atoms with Crippen LogP contribution in [0.4, 0.5) is 5.88 Å². The number of pyridine rings is 1. The number of hydrogen-bond acceptors (Lipinski definition) is 5. The summed E-state index contributed by atoms with van der Waals surface area (Å²) in [6.07, 6.45) is 1.42. The molecule has 6 heteroatoms. The van der Waals surface area contributed by atoms with Crippen molar-refractivity contribution in [2.45, 2.75) is 13.8 Å². The van der Waals surface area contributed by atoms with Gasteiger partial charge in [-0.05, 0) is 26.0 Å². The van der Waals surface area contributed by atoms with Gasteiger partial charge in [0.25, 0.3) is 5.91 Å². The van der Waals surface area contributed by atoms with Gasteiger partial charge in [-0.2, -0.15) is 0 Å². The van der Waals surface area contributed by atoms with E-state index in [1.165, 1.54) is 18.3 Å². The summed E-state index contributed by atoms with van der Waals surface area (Å²) in [6.45, 7) is 3.55. The molecule has 2 aromatic heterocycles. The van der Waals surface area contributed by atoms with Gasteiger partial charge in [-0.1, -0.05) is 5.16 Å². The van der Waals surface area contributed by atoms with Gasteiger partial charge in [-0.25, -0.2) is 4.98 Å². The number of hydrogen-bond donors (Lipinski definition) is 2. The molecule has 0 bridgehead atoms. The molecule has 0 aliphatic heterocycles. The standard InChI is InChI=1S/C11H11N3O3/c1-6-7(2)14-17-11(6)13-10(16)9-8(15)4-3-5-12-9/h3-5,15H,1-2H3,(H,13,16). The highest BCUT2D eigenvalue weighted by Gasteiger charge is 2.16. The fourth-order valence-electron chi connectivity index (χ4n) is 1.27. The van der Waals surface area contributed by atoms with E-state index in [2.05, 4.69) is 15.5 Å². The zero-order chi connectivity index (χ0) is 12.4. The van der Waals surface area contributed by atoms with E-state index in [4.69, 9.17) is 4.52 Å². The van der Waals surface area contributed by atoms with Crippen molar-refractivity contribution in [1.29, 1.82) is 0 Å². The number of anilines is 1. The lowest BCUT2D eigenvalue weighted by Gasteiger charge is -2.02. The highest BCUT2D eigenvalue weighted by atomic mass is 16.5. The number of nitrogens with zero attached hydrogens (tertiary/aromatic N) is 2. The lowest BCUT2D eigenvalue weighted by atomic mass is 10.2. The van der Waals surface area contributed by atoms with Crippen LogP contribution < -0.4 is 5.32 Å². The molecule has 2 heterocycles. The van der Waals surface area contributed by atoms with E-state index >= 15 is 0 Å². The van der Waals surface area contributed by atoms with E-state index in [1.807, 2.05) is 0 Å². The van der Waals surface area contributed by atoms with E-state index in [9.17, 15) is 9.90 Å². The van der Waals surface area contributed by atoms with Gasteiger partial charge in [0, 0.05) is 11.8 Å². The van der Waals surface area contributed by atoms with Crippen LogP contribution in [0.25, 0.3) is 0 Å². The molecular formula is C11H11N3O3. The second-order valence-electron chi connectivity index (χ2n) is 3.55. The quantitative estimate of drug-likeness (QED) is 0.823. The molecule has 0 spiro atoms. The molecule has 0 unspecified atom stereocenters. The predicted octanol–water partition coefficient (Wildman–Crippen LogP) is 1.64. The van der Waals surface area contributed by atoms with Crippen molar-refractivity contribution in [2.75, 3.05) is 5.32 Å². The fraction of sp³-hybridized carbons (Fsp3) is 0.182. The zero-order valence-corrected chi connectivity index (χ0v) is 9.39. The second-order valence-corrected chi connectivity index (χ2v) is 3.55. The number of nitrogens with one attached hydrogen (secondary N) is 1. The van der Waals surface area contributed by atoms with Crippen molar-refractivity contribution >= 4 is 11.8 Å². The summed E-state index contributed by atoms with van der Waals surface area (Å²) in [5.41, 5.74) is 1.39. The van der Waals surface area contributed by atoms with Gasteiger partial charge < -0.3 is 9.63 Å². The Morgan fingerprint density at radius 3 is 2.82 bits per heavy atom. The molecule has 6 nitrogen and oxygen atoms in total. The van der Waals surface area contributed by atoms with Crippen LogP contribution in [0.15, 0.2) is 22.9 Å². The maximum Gasteiger partial charge on any atom is 0.280 e. The molecule has 88 valence electrons. The van der Waals surface area contributed by atoms with Crippen molar-refractivity contribution in [1.82, 2.24) is 10.1 Å². The van der Waals surface area contributed by atoms with E-state index in [-0.39, 0.29) is 17.3 Å². The summed E-state index contributed by atoms with van der Waals surface area (Å²) in [5.74, 6) is -0.459. The summed E-state index contributed by atoms with van der Waals surface area (Å²) >= 11 is 0. The normalized spacial score (nSPS) is 10.2. The van der Waals surface area contributed by atoms with Crippen molar-refractivity contribution < 1.29 is 14.4 Å². The Labute approximate surface area is 97.3 Å². The molecule has 0 aliphatic carbocycles. The Bertz CT molecular complexity index is 563. The highest BCUT2D eigenvalue weighted by molar-refractivity contribution is 6.04. The number of aryl methyl sites for hydroxylation is 1. The van der Waals surface area contributed by atoms with Gasteiger partial charge in [-0.3, -0.25) is 10.1 Å². The summed E-state index contributed by atoms with van der Waals surface area (Å²) in [7, 11) is 0. The molecule has 0 fully saturated rings. The van der Waals surface area contributed by atoms with Crippen molar-refractivity contribution in [3.05, 3.63) is 35.3 Å². The Morgan fingerprint density at radius 1 is 1.47 bits per heavy atom. The van der Waals surface area contributed by atoms with Gasteiger partial charge in [0.2, 0.25) is 5.88 Å². The number of carbonyl (C=O) groups is 1. The van der Waals surface area contributed by atoms with Crippen LogP contribution in [0.5, 0.6) is 5.75 Å². The maximum absolute atomic E-state index is 11.8. The number of aromatic hydroxyl groups is 1. The molecule has 0 aliphatic rings. The Hall–Kier alpha value is -2.37. The molecule has 0 saturated carbocycles. The van der Waals surface area contributed by atoms with Crippen LogP contribution in [0.2, 0.25) is 0 Å². The number of carbonyl (C=O) groups excluding carboxylic acids is 1. The molecule has 0 atom stereocenters. The Balaban J connectivity index is 2.23. The summed E-state index contributed by atoms with van der Waals surface area (Å²) < 4.78 is 4.94. The molecular weight excluding hydrogens is 222 g/mol. The minimum absolute atomic E-state index is 0.0547. The number of rotatable bonds is 2. The lowest BCUT2D eigenvalue weighted by molar-refractivity contribution is 0.101. The molecule has 0 aromatic carbocycles. The molecule has 2 N–H and O–H groups in total. The van der Waals surface area contributed by atoms with E-state index in [0.717, 1.165) is 5.56 Å². The van der Waals surface area contributed by atoms with E-state index < -0.39 is 5.91 Å². The minimum Gasteiger partial charge on any atom is -0.505 e. The first-order valence-electron chi connectivity index (χ1n) is 4.98. The average molecular weight is 233 g/mol. The highest BCUT2D eigenvalue weighted by Crippen LogP contribution is 2.20. The molecule has 2 rings (SSSR count). The van der Waals surface area contributed by atoms with Crippen LogP contribution >= 0.6 is 0 Å². The van der Waals surface area contributed by atoms with Crippen molar-refractivity contribution in [3.8, 4) is 5.75 Å². The van der Waals surface area contributed by atoms with Gasteiger partial charge in [0.1, 0.15) is 5.75 Å². The van der Waals surface area contributed by atoms with Gasteiger partial charge in [0.05, 0.1) is 5.69 Å². The summed E-state index contributed by atoms with van der Waals surface area (Å²) in [5, 5.41) is 15.7. The van der Waals surface area contributed by atoms with E-state index in [1.54, 1.807) is 13.8 Å². The van der Waals surface area contributed by atoms with Gasteiger partial charge in [-0.15, -0.1) is 0 Å². The minimum atomic E-state index is -0.539. The molecule has 17 heavy (non-hydrogen) atoms. The number of aromatic nitrogens is 2. The first-order valence-corrected chi connectivity index (χ1v) is 4.98. The van der Waals surface area contributed by atoms with Crippen LogP contribution in [0.1, 0.15) is 21.7 Å². The Kier molecular flexibility index (Phi) is 2.78. The topological polar surface area (TPSA) is 88.3 Å². The molecule has 0 radical (unpaired) electrons. The molecule has 1 amide bonds. The number of amides is 1. The molecule has 2 aromatic rings. The predicted molar refractivity (Wildman–Crippen MR) is 59.8 cm³/mol. The van der Waals surface area contributed by atoms with Crippen LogP contribution in [-0.4, -0.2) is 21.2 Å². The first-order chi connectivity index (χ1) is 8.09. The van der Waals surface area contributed by atoms with Crippen LogP contribution in [0, 0.1) is 13.8 Å². The lowest BCUT2D eigenvalue weighted by Crippen LogP contribution is -2.13. The third-order valence-corrected chi connectivity index (χ3v) is 2.39. The van der Waals surface area contributed by atoms with Crippen molar-refractivity contribution in [2.24, 2.45) is 0 Å². The van der Waals surface area contributed by atoms with Crippen LogP contribution in [0.3, 0.4) is 0 Å². The smallest absolute Gasteiger partial charge is 0.280 e. The third-order valence-electron chi connectivity index (χ3n) is 2.39. The maximum atomic E-state index is 11.8. The fourth-order valence-corrected chi connectivity index (χ4v) is 1.27. The average Bonchev–Trinajstić information content (AvgIpc) is 2.61. The van der Waals surface area contributed by atoms with Crippen LogP contribution in [-0.2, 0) is 0 Å². The van der Waals surface area contributed by atoms with Gasteiger partial charge >= 0.3 is 0 Å². The molecule has 0 saturated heterocycles. The zero-order valence-electron chi connectivity index (χ0n) is 9.39. The summed E-state index contributed by atoms with van der Waals surface area (Å²) in [4.78, 5) is 15.6. The van der Waals surface area contributed by atoms with Crippen molar-refractivity contribution in [3.63, 3.8) is 0 Å². The Morgan fingerprint density at radius 2 is 2.24 bits per heavy atom. The van der Waals surface area contributed by atoms with Gasteiger partial charge in [0.15, 0.2) is 5.69 Å².